The molecule has 1 N–H and O–H groups in total. The molecular weight excluding hydrogens is 350 g/mol. The molecule has 0 fully saturated rings. The summed E-state index contributed by atoms with van der Waals surface area (Å²) in [5.74, 6) is -0.349. The molecule has 0 atom stereocenters. The Labute approximate surface area is 154 Å². The van der Waals surface area contributed by atoms with Crippen LogP contribution in [0.25, 0.3) is 11.3 Å². The monoisotopic (exact) mass is 367 g/mol. The van der Waals surface area contributed by atoms with Gasteiger partial charge in [-0.1, -0.05) is 17.7 Å². The molecule has 0 saturated heterocycles. The minimum atomic E-state index is -0.499. The van der Waals surface area contributed by atoms with E-state index < -0.39 is 4.92 Å². The van der Waals surface area contributed by atoms with E-state index in [4.69, 9.17) is 0 Å². The van der Waals surface area contributed by atoms with E-state index >= 15 is 0 Å². The van der Waals surface area contributed by atoms with Crippen LogP contribution in [0.3, 0.4) is 0 Å². The molecular formula is C19H17N3O3S. The van der Waals surface area contributed by atoms with Gasteiger partial charge in [0.1, 0.15) is 0 Å². The fourth-order valence-corrected chi connectivity index (χ4v) is 3.63. The molecule has 3 rings (SSSR count). The molecule has 0 aliphatic heterocycles. The number of non-ortho nitro benzene ring substituents is 1. The van der Waals surface area contributed by atoms with Crippen molar-refractivity contribution in [1.29, 1.82) is 0 Å². The van der Waals surface area contributed by atoms with Gasteiger partial charge in [-0.15, -0.1) is 11.3 Å². The predicted octanol–water partition coefficient (Wildman–Crippen LogP) is 4.90. The van der Waals surface area contributed by atoms with Gasteiger partial charge in [-0.05, 0) is 44.0 Å². The number of carbonyl (C=O) groups excluding carboxylic acids is 1. The summed E-state index contributed by atoms with van der Waals surface area (Å²) < 4.78 is 0. The number of nitrogens with zero attached hydrogens (tertiary/aromatic N) is 2. The number of aromatic nitrogens is 1. The van der Waals surface area contributed by atoms with Crippen LogP contribution in [-0.4, -0.2) is 15.8 Å². The number of benzene rings is 2. The number of nitro benzene ring substituents is 1. The molecule has 0 unspecified atom stereocenters. The Morgan fingerprint density at radius 1 is 1.12 bits per heavy atom. The van der Waals surface area contributed by atoms with E-state index in [2.05, 4.69) is 29.4 Å². The van der Waals surface area contributed by atoms with Crippen molar-refractivity contribution in [3.63, 3.8) is 0 Å². The third-order valence-electron chi connectivity index (χ3n) is 4.00. The van der Waals surface area contributed by atoms with Gasteiger partial charge >= 0.3 is 0 Å². The second kappa shape index (κ2) is 7.05. The van der Waals surface area contributed by atoms with Crippen molar-refractivity contribution in [2.24, 2.45) is 0 Å². The van der Waals surface area contributed by atoms with Crippen molar-refractivity contribution < 1.29 is 9.72 Å². The first-order valence-corrected chi connectivity index (χ1v) is 8.82. The summed E-state index contributed by atoms with van der Waals surface area (Å²) in [5, 5.41) is 15.8. The molecule has 0 bridgehead atoms. The first kappa shape index (κ1) is 17.8. The number of nitrogens with one attached hydrogen (secondary N) is 1. The van der Waals surface area contributed by atoms with Crippen LogP contribution in [-0.2, 0) is 0 Å². The van der Waals surface area contributed by atoms with Gasteiger partial charge in [-0.2, -0.15) is 0 Å². The first-order valence-electron chi connectivity index (χ1n) is 7.94. The van der Waals surface area contributed by atoms with Gasteiger partial charge in [0.05, 0.1) is 10.6 Å². The zero-order valence-corrected chi connectivity index (χ0v) is 15.4. The Balaban J connectivity index is 1.80. The summed E-state index contributed by atoms with van der Waals surface area (Å²) in [4.78, 5) is 27.0. The number of hydrogen-bond acceptors (Lipinski definition) is 5. The summed E-state index contributed by atoms with van der Waals surface area (Å²) in [6, 6.07) is 9.68. The third kappa shape index (κ3) is 3.62. The summed E-state index contributed by atoms with van der Waals surface area (Å²) in [5.41, 5.74) is 5.66. The zero-order valence-electron chi connectivity index (χ0n) is 14.6. The van der Waals surface area contributed by atoms with Gasteiger partial charge in [0.25, 0.3) is 11.6 Å². The summed E-state index contributed by atoms with van der Waals surface area (Å²) in [6.07, 6.45) is 0. The SMILES string of the molecule is Cc1cc(C)c(-c2csc(NC(=O)c3ccc([N+](=O)[O-])cc3)n2)c(C)c1. The quantitative estimate of drug-likeness (QED) is 0.525. The van der Waals surface area contributed by atoms with E-state index in [0.717, 1.165) is 22.4 Å². The molecule has 132 valence electrons. The average molecular weight is 367 g/mol. The normalized spacial score (nSPS) is 10.6. The highest BCUT2D eigenvalue weighted by Gasteiger charge is 2.14. The second-order valence-corrected chi connectivity index (χ2v) is 6.93. The maximum atomic E-state index is 12.3. The van der Waals surface area contributed by atoms with Crippen LogP contribution < -0.4 is 5.32 Å². The number of aryl methyl sites for hydroxylation is 3. The molecule has 0 radical (unpaired) electrons. The molecule has 0 aliphatic carbocycles. The number of hydrogen-bond donors (Lipinski definition) is 1. The highest BCUT2D eigenvalue weighted by Crippen LogP contribution is 2.31. The van der Waals surface area contributed by atoms with Crippen molar-refractivity contribution in [2.45, 2.75) is 20.8 Å². The molecule has 1 amide bonds. The van der Waals surface area contributed by atoms with E-state index in [1.165, 1.54) is 41.2 Å². The Bertz CT molecular complexity index is 971. The Kier molecular flexibility index (Phi) is 4.81. The third-order valence-corrected chi connectivity index (χ3v) is 4.76. The lowest BCUT2D eigenvalue weighted by molar-refractivity contribution is -0.384. The fraction of sp³-hybridized carbons (Fsp3) is 0.158. The van der Waals surface area contributed by atoms with Crippen molar-refractivity contribution in [1.82, 2.24) is 4.98 Å². The van der Waals surface area contributed by atoms with Gasteiger partial charge in [-0.3, -0.25) is 20.2 Å². The Morgan fingerprint density at radius 3 is 2.31 bits per heavy atom. The number of anilines is 1. The van der Waals surface area contributed by atoms with E-state index in [1.54, 1.807) is 0 Å². The Morgan fingerprint density at radius 2 is 1.73 bits per heavy atom. The lowest BCUT2D eigenvalue weighted by Gasteiger charge is -2.08. The molecule has 26 heavy (non-hydrogen) atoms. The molecule has 0 saturated carbocycles. The van der Waals surface area contributed by atoms with Gasteiger partial charge in [-0.25, -0.2) is 4.98 Å². The number of amides is 1. The van der Waals surface area contributed by atoms with Gasteiger partial charge in [0.2, 0.25) is 0 Å². The smallest absolute Gasteiger partial charge is 0.269 e. The second-order valence-electron chi connectivity index (χ2n) is 6.07. The maximum Gasteiger partial charge on any atom is 0.269 e. The van der Waals surface area contributed by atoms with E-state index in [1.807, 2.05) is 19.2 Å². The van der Waals surface area contributed by atoms with Crippen LogP contribution in [0, 0.1) is 30.9 Å². The van der Waals surface area contributed by atoms with E-state index in [-0.39, 0.29) is 11.6 Å². The van der Waals surface area contributed by atoms with E-state index in [0.29, 0.717) is 10.7 Å². The maximum absolute atomic E-state index is 12.3. The van der Waals surface area contributed by atoms with Crippen molar-refractivity contribution >= 4 is 28.1 Å². The van der Waals surface area contributed by atoms with Crippen LogP contribution in [0.1, 0.15) is 27.0 Å². The minimum Gasteiger partial charge on any atom is -0.298 e. The highest BCUT2D eigenvalue weighted by molar-refractivity contribution is 7.14. The van der Waals surface area contributed by atoms with Crippen LogP contribution in [0.4, 0.5) is 10.8 Å². The largest absolute Gasteiger partial charge is 0.298 e. The fourth-order valence-electron chi connectivity index (χ4n) is 2.93. The van der Waals surface area contributed by atoms with Crippen LogP contribution in [0.5, 0.6) is 0 Å². The highest BCUT2D eigenvalue weighted by atomic mass is 32.1. The summed E-state index contributed by atoms with van der Waals surface area (Å²) in [6.45, 7) is 6.15. The number of nitro groups is 1. The van der Waals surface area contributed by atoms with Gasteiger partial charge in [0, 0.05) is 28.6 Å². The molecule has 3 aromatic rings. The predicted molar refractivity (Wildman–Crippen MR) is 103 cm³/mol. The number of carbonyl (C=O) groups is 1. The summed E-state index contributed by atoms with van der Waals surface area (Å²) in [7, 11) is 0. The van der Waals surface area contributed by atoms with Crippen LogP contribution in [0.15, 0.2) is 41.8 Å². The lowest BCUT2D eigenvalue weighted by atomic mass is 9.98. The molecule has 7 heteroatoms. The van der Waals surface area contributed by atoms with Crippen molar-refractivity contribution in [3.8, 4) is 11.3 Å². The molecule has 1 heterocycles. The zero-order chi connectivity index (χ0) is 18.8. The van der Waals surface area contributed by atoms with Gasteiger partial charge < -0.3 is 0 Å². The molecule has 1 aromatic heterocycles. The summed E-state index contributed by atoms with van der Waals surface area (Å²) >= 11 is 1.35. The minimum absolute atomic E-state index is 0.0524. The van der Waals surface area contributed by atoms with Crippen LogP contribution >= 0.6 is 11.3 Å². The van der Waals surface area contributed by atoms with Crippen molar-refractivity contribution in [2.75, 3.05) is 5.32 Å². The molecule has 0 aliphatic rings. The van der Waals surface area contributed by atoms with Crippen LogP contribution in [0.2, 0.25) is 0 Å². The molecule has 0 spiro atoms. The topological polar surface area (TPSA) is 85.1 Å². The standard InChI is InChI=1S/C19H17N3O3S/c1-11-8-12(2)17(13(3)9-11)16-10-26-19(20-16)21-18(23)14-4-6-15(7-5-14)22(24)25/h4-10H,1-3H3,(H,20,21,23). The van der Waals surface area contributed by atoms with Crippen molar-refractivity contribution in [3.05, 3.63) is 74.1 Å². The number of rotatable bonds is 4. The average Bonchev–Trinajstić information content (AvgIpc) is 3.02. The lowest BCUT2D eigenvalue weighted by Crippen LogP contribution is -2.11. The van der Waals surface area contributed by atoms with Gasteiger partial charge in [0.15, 0.2) is 5.13 Å². The molecule has 2 aromatic carbocycles. The number of thiazole rings is 1. The van der Waals surface area contributed by atoms with E-state index in [9.17, 15) is 14.9 Å². The molecule has 6 nitrogen and oxygen atoms in total. The Hall–Kier alpha value is -3.06. The first-order chi connectivity index (χ1) is 12.3.